The molecule has 0 aromatic heterocycles. The number of rotatable bonds is 9. The van der Waals surface area contributed by atoms with Gasteiger partial charge in [0.05, 0.1) is 6.54 Å². The van der Waals surface area contributed by atoms with E-state index in [9.17, 15) is 14.7 Å². The normalized spacial score (nSPS) is 12.8. The molecule has 0 radical (unpaired) electrons. The largest absolute Gasteiger partial charge is 0.489 e. The minimum absolute atomic E-state index is 0.0675. The summed E-state index contributed by atoms with van der Waals surface area (Å²) < 4.78 is 11.2. The van der Waals surface area contributed by atoms with Gasteiger partial charge in [-0.2, -0.15) is 0 Å². The fourth-order valence-corrected chi connectivity index (χ4v) is 4.58. The van der Waals surface area contributed by atoms with Gasteiger partial charge in [0.2, 0.25) is 0 Å². The van der Waals surface area contributed by atoms with Crippen LogP contribution in [0.1, 0.15) is 34.3 Å². The standard InChI is InChI=1S/C31H27NO5/c33-29(30(34)22-14-16-23(17-15-22)36-19-21-8-2-1-3-9-21)18-32-31(35)37-20-28-26-12-6-4-10-24(26)25-11-5-7-13-27(25)28/h1-17,28,30,34H,18-20H2,(H,32,35). The summed E-state index contributed by atoms with van der Waals surface area (Å²) in [4.78, 5) is 24.8. The van der Waals surface area contributed by atoms with Crippen molar-refractivity contribution < 1.29 is 24.2 Å². The van der Waals surface area contributed by atoms with E-state index in [0.717, 1.165) is 27.8 Å². The van der Waals surface area contributed by atoms with Gasteiger partial charge in [-0.05, 0) is 45.5 Å². The van der Waals surface area contributed by atoms with Crippen molar-refractivity contribution in [2.24, 2.45) is 0 Å². The SMILES string of the molecule is O=C(NCC(=O)C(O)c1ccc(OCc2ccccc2)cc1)OCC1c2ccccc2-c2ccccc21. The third-order valence-corrected chi connectivity index (χ3v) is 6.50. The van der Waals surface area contributed by atoms with E-state index >= 15 is 0 Å². The van der Waals surface area contributed by atoms with Gasteiger partial charge in [0, 0.05) is 5.92 Å². The third kappa shape index (κ3) is 5.55. The van der Waals surface area contributed by atoms with Gasteiger partial charge in [-0.1, -0.05) is 91.0 Å². The van der Waals surface area contributed by atoms with Crippen molar-refractivity contribution in [2.45, 2.75) is 18.6 Å². The quantitative estimate of drug-likeness (QED) is 0.326. The number of aliphatic hydroxyl groups excluding tert-OH is 1. The van der Waals surface area contributed by atoms with Gasteiger partial charge in [-0.15, -0.1) is 0 Å². The molecule has 1 aliphatic carbocycles. The molecular formula is C31H27NO5. The molecule has 4 aromatic carbocycles. The Morgan fingerprint density at radius 3 is 2.03 bits per heavy atom. The maximum atomic E-state index is 12.5. The van der Waals surface area contributed by atoms with Crippen molar-refractivity contribution in [3.63, 3.8) is 0 Å². The van der Waals surface area contributed by atoms with E-state index in [2.05, 4.69) is 17.4 Å². The molecule has 37 heavy (non-hydrogen) atoms. The molecule has 1 aliphatic rings. The zero-order valence-electron chi connectivity index (χ0n) is 20.2. The Balaban J connectivity index is 1.11. The number of alkyl carbamates (subject to hydrolysis) is 1. The molecule has 0 fully saturated rings. The van der Waals surface area contributed by atoms with Crippen LogP contribution in [-0.4, -0.2) is 30.1 Å². The van der Waals surface area contributed by atoms with Gasteiger partial charge < -0.3 is 19.9 Å². The van der Waals surface area contributed by atoms with E-state index in [4.69, 9.17) is 9.47 Å². The van der Waals surface area contributed by atoms with E-state index in [1.54, 1.807) is 24.3 Å². The number of Topliss-reactive ketones (excluding diaryl/α,β-unsaturated/α-hetero) is 1. The maximum absolute atomic E-state index is 12.5. The second kappa shape index (κ2) is 11.1. The first-order valence-corrected chi connectivity index (χ1v) is 12.2. The van der Waals surface area contributed by atoms with Crippen LogP contribution in [0.3, 0.4) is 0 Å². The topological polar surface area (TPSA) is 84.9 Å². The van der Waals surface area contributed by atoms with Crippen LogP contribution >= 0.6 is 0 Å². The molecule has 6 nitrogen and oxygen atoms in total. The number of amides is 1. The van der Waals surface area contributed by atoms with E-state index < -0.39 is 18.0 Å². The van der Waals surface area contributed by atoms with Crippen LogP contribution in [0, 0.1) is 0 Å². The highest BCUT2D eigenvalue weighted by molar-refractivity contribution is 5.88. The van der Waals surface area contributed by atoms with Crippen LogP contribution in [0.4, 0.5) is 4.79 Å². The third-order valence-electron chi connectivity index (χ3n) is 6.50. The molecule has 0 spiro atoms. The molecule has 186 valence electrons. The molecule has 5 rings (SSSR count). The van der Waals surface area contributed by atoms with E-state index in [1.165, 1.54) is 0 Å². The highest BCUT2D eigenvalue weighted by atomic mass is 16.5. The lowest BCUT2D eigenvalue weighted by Crippen LogP contribution is -2.33. The van der Waals surface area contributed by atoms with Crippen LogP contribution in [0.25, 0.3) is 11.1 Å². The zero-order valence-corrected chi connectivity index (χ0v) is 20.2. The number of benzene rings is 4. The average Bonchev–Trinajstić information content (AvgIpc) is 3.27. The highest BCUT2D eigenvalue weighted by Gasteiger charge is 2.29. The predicted octanol–water partition coefficient (Wildman–Crippen LogP) is 5.41. The molecule has 1 atom stereocenters. The van der Waals surface area contributed by atoms with Gasteiger partial charge in [-0.3, -0.25) is 4.79 Å². The van der Waals surface area contributed by atoms with Crippen LogP contribution in [-0.2, 0) is 16.1 Å². The number of nitrogens with one attached hydrogen (secondary N) is 1. The Kier molecular flexibility index (Phi) is 7.28. The minimum atomic E-state index is -1.36. The average molecular weight is 494 g/mol. The summed E-state index contributed by atoms with van der Waals surface area (Å²) in [6.45, 7) is 0.233. The molecule has 1 unspecified atom stereocenters. The molecule has 4 aromatic rings. The summed E-state index contributed by atoms with van der Waals surface area (Å²) in [7, 11) is 0. The first kappa shape index (κ1) is 24.3. The maximum Gasteiger partial charge on any atom is 0.407 e. The van der Waals surface area contributed by atoms with E-state index in [-0.39, 0.29) is 19.1 Å². The number of hydrogen-bond donors (Lipinski definition) is 2. The molecule has 0 saturated carbocycles. The van der Waals surface area contributed by atoms with E-state index in [0.29, 0.717) is 17.9 Å². The van der Waals surface area contributed by atoms with Gasteiger partial charge >= 0.3 is 6.09 Å². The number of aliphatic hydroxyl groups is 1. The van der Waals surface area contributed by atoms with Crippen LogP contribution in [0.5, 0.6) is 5.75 Å². The first-order chi connectivity index (χ1) is 18.1. The second-order valence-corrected chi connectivity index (χ2v) is 8.89. The number of carbonyl (C=O) groups is 2. The van der Waals surface area contributed by atoms with Crippen molar-refractivity contribution >= 4 is 11.9 Å². The first-order valence-electron chi connectivity index (χ1n) is 12.2. The number of carbonyl (C=O) groups excluding carboxylic acids is 2. The summed E-state index contributed by atoms with van der Waals surface area (Å²) in [6, 6.07) is 32.6. The van der Waals surface area contributed by atoms with Crippen molar-refractivity contribution in [1.82, 2.24) is 5.32 Å². The number of hydrogen-bond acceptors (Lipinski definition) is 5. The Hall–Kier alpha value is -4.42. The van der Waals surface area contributed by atoms with Gasteiger partial charge in [-0.25, -0.2) is 4.79 Å². The number of fused-ring (bicyclic) bond motifs is 3. The summed E-state index contributed by atoms with van der Waals surface area (Å²) in [5.74, 6) is 0.0255. The highest BCUT2D eigenvalue weighted by Crippen LogP contribution is 2.44. The van der Waals surface area contributed by atoms with Gasteiger partial charge in [0.15, 0.2) is 5.78 Å². The van der Waals surface area contributed by atoms with Crippen molar-refractivity contribution in [3.8, 4) is 16.9 Å². The zero-order chi connectivity index (χ0) is 25.6. The molecule has 0 aliphatic heterocycles. The van der Waals surface area contributed by atoms with Crippen LogP contribution in [0.2, 0.25) is 0 Å². The smallest absolute Gasteiger partial charge is 0.407 e. The van der Waals surface area contributed by atoms with Crippen molar-refractivity contribution in [2.75, 3.05) is 13.2 Å². The summed E-state index contributed by atoms with van der Waals surface area (Å²) in [5, 5.41) is 12.9. The summed E-state index contributed by atoms with van der Waals surface area (Å²) >= 11 is 0. The van der Waals surface area contributed by atoms with Gasteiger partial charge in [0.25, 0.3) is 0 Å². The summed E-state index contributed by atoms with van der Waals surface area (Å²) in [5.41, 5.74) is 5.97. The molecule has 0 saturated heterocycles. The van der Waals surface area contributed by atoms with E-state index in [1.807, 2.05) is 66.7 Å². The molecule has 2 N–H and O–H groups in total. The van der Waals surface area contributed by atoms with Crippen LogP contribution < -0.4 is 10.1 Å². The lowest BCUT2D eigenvalue weighted by Gasteiger charge is -2.15. The number of ketones is 1. The molecule has 1 amide bonds. The molecule has 6 heteroatoms. The minimum Gasteiger partial charge on any atom is -0.489 e. The lowest BCUT2D eigenvalue weighted by atomic mass is 9.98. The van der Waals surface area contributed by atoms with Gasteiger partial charge in [0.1, 0.15) is 25.1 Å². The fourth-order valence-electron chi connectivity index (χ4n) is 4.58. The van der Waals surface area contributed by atoms with Crippen molar-refractivity contribution in [3.05, 3.63) is 125 Å². The second-order valence-electron chi connectivity index (χ2n) is 8.89. The Bertz CT molecular complexity index is 1340. The molecule has 0 bridgehead atoms. The Labute approximate surface area is 215 Å². The lowest BCUT2D eigenvalue weighted by molar-refractivity contribution is -0.126. The predicted molar refractivity (Wildman–Crippen MR) is 140 cm³/mol. The Morgan fingerprint density at radius 2 is 1.38 bits per heavy atom. The molecular weight excluding hydrogens is 466 g/mol. The van der Waals surface area contributed by atoms with Crippen LogP contribution in [0.15, 0.2) is 103 Å². The fraction of sp³-hybridized carbons (Fsp3) is 0.161. The summed E-state index contributed by atoms with van der Waals surface area (Å²) in [6.07, 6.45) is -2.07. The monoisotopic (exact) mass is 493 g/mol. The molecule has 0 heterocycles. The van der Waals surface area contributed by atoms with Crippen molar-refractivity contribution in [1.29, 1.82) is 0 Å². The number of ether oxygens (including phenoxy) is 2. The Morgan fingerprint density at radius 1 is 0.784 bits per heavy atom.